The van der Waals surface area contributed by atoms with Crippen LogP contribution in [0, 0.1) is 6.92 Å². The van der Waals surface area contributed by atoms with Gasteiger partial charge in [0, 0.05) is 12.6 Å². The van der Waals surface area contributed by atoms with Crippen molar-refractivity contribution in [3.8, 4) is 11.3 Å². The van der Waals surface area contributed by atoms with E-state index in [-0.39, 0.29) is 5.91 Å². The molecular formula is C19H15N3O2S. The van der Waals surface area contributed by atoms with Crippen LogP contribution in [0.5, 0.6) is 0 Å². The van der Waals surface area contributed by atoms with Crippen LogP contribution >= 0.6 is 11.3 Å². The minimum atomic E-state index is -0.347. The molecule has 4 aromatic rings. The lowest BCUT2D eigenvalue weighted by Gasteiger charge is -1.98. The second kappa shape index (κ2) is 6.14. The van der Waals surface area contributed by atoms with E-state index in [9.17, 15) is 4.79 Å². The third-order valence-electron chi connectivity index (χ3n) is 4.04. The van der Waals surface area contributed by atoms with E-state index in [2.05, 4.69) is 10.1 Å². The minimum Gasteiger partial charge on any atom is -0.360 e. The highest BCUT2D eigenvalue weighted by molar-refractivity contribution is 7.16. The number of aryl methyl sites for hydroxylation is 2. The van der Waals surface area contributed by atoms with Gasteiger partial charge in [-0.05, 0) is 19.1 Å². The zero-order chi connectivity index (χ0) is 17.4. The number of hydrogen-bond donors (Lipinski definition) is 0. The van der Waals surface area contributed by atoms with Gasteiger partial charge >= 0.3 is 0 Å². The summed E-state index contributed by atoms with van der Waals surface area (Å²) in [5, 5.41) is 4.05. The predicted molar refractivity (Wildman–Crippen MR) is 97.4 cm³/mol. The summed E-state index contributed by atoms with van der Waals surface area (Å²) in [4.78, 5) is 17.8. The third-order valence-corrected chi connectivity index (χ3v) is 5.15. The summed E-state index contributed by atoms with van der Waals surface area (Å²) < 4.78 is 8.27. The van der Waals surface area contributed by atoms with Crippen molar-refractivity contribution in [1.29, 1.82) is 0 Å². The van der Waals surface area contributed by atoms with Gasteiger partial charge in [0.05, 0.1) is 10.2 Å². The lowest BCUT2D eigenvalue weighted by atomic mass is 10.1. The standard InChI is InChI=1S/C19H15N3O2S/c1-12-16(17(21-24-12)13-8-4-3-5-9-13)18(23)20-19-22(2)14-10-6-7-11-15(14)25-19/h3-11H,1-2H3. The Bertz CT molecular complexity index is 1140. The average Bonchev–Trinajstić information content (AvgIpc) is 3.17. The molecule has 0 N–H and O–H groups in total. The minimum absolute atomic E-state index is 0.347. The molecule has 2 heterocycles. The molecule has 1 amide bonds. The maximum absolute atomic E-state index is 12.8. The highest BCUT2D eigenvalue weighted by Crippen LogP contribution is 2.25. The maximum Gasteiger partial charge on any atom is 0.285 e. The molecule has 0 bridgehead atoms. The number of hydrogen-bond acceptors (Lipinski definition) is 4. The van der Waals surface area contributed by atoms with E-state index in [1.54, 1.807) is 6.92 Å². The van der Waals surface area contributed by atoms with Gasteiger partial charge in [0.1, 0.15) is 17.0 Å². The highest BCUT2D eigenvalue weighted by atomic mass is 32.1. The molecule has 4 rings (SSSR count). The molecule has 0 aliphatic carbocycles. The first kappa shape index (κ1) is 15.5. The molecule has 5 nitrogen and oxygen atoms in total. The van der Waals surface area contributed by atoms with Crippen molar-refractivity contribution < 1.29 is 9.32 Å². The fourth-order valence-electron chi connectivity index (χ4n) is 2.75. The van der Waals surface area contributed by atoms with Gasteiger partial charge in [-0.15, -0.1) is 0 Å². The van der Waals surface area contributed by atoms with E-state index < -0.39 is 0 Å². The number of carbonyl (C=O) groups excluding carboxylic acids is 1. The van der Waals surface area contributed by atoms with Crippen molar-refractivity contribution in [1.82, 2.24) is 9.72 Å². The molecule has 0 fully saturated rings. The molecule has 0 saturated carbocycles. The number of rotatable bonds is 2. The van der Waals surface area contributed by atoms with Gasteiger partial charge in [-0.25, -0.2) is 0 Å². The summed E-state index contributed by atoms with van der Waals surface area (Å²) in [6.07, 6.45) is 0. The van der Waals surface area contributed by atoms with E-state index in [0.717, 1.165) is 15.8 Å². The first-order valence-electron chi connectivity index (χ1n) is 7.80. The molecule has 25 heavy (non-hydrogen) atoms. The van der Waals surface area contributed by atoms with Crippen molar-refractivity contribution >= 4 is 27.5 Å². The van der Waals surface area contributed by atoms with Gasteiger partial charge in [0.2, 0.25) is 0 Å². The van der Waals surface area contributed by atoms with Gasteiger partial charge in [-0.1, -0.05) is 59.0 Å². The second-order valence-electron chi connectivity index (χ2n) is 5.66. The van der Waals surface area contributed by atoms with Gasteiger partial charge < -0.3 is 9.09 Å². The molecule has 2 aromatic carbocycles. The number of amides is 1. The van der Waals surface area contributed by atoms with Crippen LogP contribution in [0.2, 0.25) is 0 Å². The zero-order valence-electron chi connectivity index (χ0n) is 13.8. The van der Waals surface area contributed by atoms with Crippen LogP contribution in [0.3, 0.4) is 0 Å². The molecule has 124 valence electrons. The number of para-hydroxylation sites is 1. The molecular weight excluding hydrogens is 334 g/mol. The Kier molecular flexibility index (Phi) is 3.82. The SMILES string of the molecule is Cc1onc(-c2ccccc2)c1C(=O)N=c1sc2ccccc2n1C. The summed E-state index contributed by atoms with van der Waals surface area (Å²) in [5.41, 5.74) is 2.81. The molecule has 2 aromatic heterocycles. The first-order chi connectivity index (χ1) is 12.1. The Hall–Kier alpha value is -2.99. The molecule has 0 atom stereocenters. The number of carbonyl (C=O) groups is 1. The van der Waals surface area contributed by atoms with Crippen molar-refractivity contribution in [3.05, 3.63) is 70.7 Å². The van der Waals surface area contributed by atoms with Crippen molar-refractivity contribution in [2.45, 2.75) is 6.92 Å². The summed E-state index contributed by atoms with van der Waals surface area (Å²) >= 11 is 1.48. The van der Waals surface area contributed by atoms with Crippen molar-refractivity contribution in [3.63, 3.8) is 0 Å². The van der Waals surface area contributed by atoms with Crippen LogP contribution < -0.4 is 4.80 Å². The summed E-state index contributed by atoms with van der Waals surface area (Å²) in [6.45, 7) is 1.73. The predicted octanol–water partition coefficient (Wildman–Crippen LogP) is 3.94. The Morgan fingerprint density at radius 1 is 1.12 bits per heavy atom. The molecule has 0 unspecified atom stereocenters. The number of aromatic nitrogens is 2. The molecule has 6 heteroatoms. The Morgan fingerprint density at radius 3 is 2.60 bits per heavy atom. The smallest absolute Gasteiger partial charge is 0.285 e. The number of nitrogens with zero attached hydrogens (tertiary/aromatic N) is 3. The molecule has 0 aliphatic rings. The Labute approximate surface area is 147 Å². The normalized spacial score (nSPS) is 12.0. The lowest BCUT2D eigenvalue weighted by Crippen LogP contribution is -2.13. The third kappa shape index (κ3) is 2.70. The maximum atomic E-state index is 12.8. The second-order valence-corrected chi connectivity index (χ2v) is 6.67. The van der Waals surface area contributed by atoms with Gasteiger partial charge in [-0.3, -0.25) is 4.79 Å². The number of thiazole rings is 1. The zero-order valence-corrected chi connectivity index (χ0v) is 14.6. The van der Waals surface area contributed by atoms with Crippen LogP contribution in [-0.2, 0) is 7.05 Å². The lowest BCUT2D eigenvalue weighted by molar-refractivity contribution is 0.0997. The number of benzene rings is 2. The Morgan fingerprint density at radius 2 is 1.84 bits per heavy atom. The molecule has 0 spiro atoms. The van der Waals surface area contributed by atoms with Crippen LogP contribution in [0.1, 0.15) is 16.1 Å². The number of fused-ring (bicyclic) bond motifs is 1. The van der Waals surface area contributed by atoms with E-state index in [1.165, 1.54) is 11.3 Å². The van der Waals surface area contributed by atoms with E-state index in [4.69, 9.17) is 4.52 Å². The monoisotopic (exact) mass is 349 g/mol. The van der Waals surface area contributed by atoms with Gasteiger partial charge in [0.15, 0.2) is 4.80 Å². The first-order valence-corrected chi connectivity index (χ1v) is 8.62. The quantitative estimate of drug-likeness (QED) is 0.551. The summed E-state index contributed by atoms with van der Waals surface area (Å²) in [5.74, 6) is 0.121. The van der Waals surface area contributed by atoms with Crippen molar-refractivity contribution in [2.75, 3.05) is 0 Å². The fourth-order valence-corrected chi connectivity index (χ4v) is 3.76. The summed E-state index contributed by atoms with van der Waals surface area (Å²) in [7, 11) is 1.91. The molecule has 0 saturated heterocycles. The Balaban J connectivity index is 1.84. The van der Waals surface area contributed by atoms with Gasteiger partial charge in [-0.2, -0.15) is 4.99 Å². The van der Waals surface area contributed by atoms with Crippen molar-refractivity contribution in [2.24, 2.45) is 12.0 Å². The topological polar surface area (TPSA) is 60.4 Å². The van der Waals surface area contributed by atoms with Crippen LogP contribution in [0.25, 0.3) is 21.5 Å². The van der Waals surface area contributed by atoms with Crippen LogP contribution in [-0.4, -0.2) is 15.6 Å². The van der Waals surface area contributed by atoms with E-state index in [0.29, 0.717) is 21.8 Å². The van der Waals surface area contributed by atoms with Gasteiger partial charge in [0.25, 0.3) is 5.91 Å². The summed E-state index contributed by atoms with van der Waals surface area (Å²) in [6, 6.07) is 17.5. The van der Waals surface area contributed by atoms with E-state index in [1.807, 2.05) is 66.2 Å². The van der Waals surface area contributed by atoms with Crippen LogP contribution in [0.4, 0.5) is 0 Å². The molecule has 0 aliphatic heterocycles. The fraction of sp³-hybridized carbons (Fsp3) is 0.105. The average molecular weight is 349 g/mol. The largest absolute Gasteiger partial charge is 0.360 e. The molecule has 0 radical (unpaired) electrons. The highest BCUT2D eigenvalue weighted by Gasteiger charge is 2.21. The van der Waals surface area contributed by atoms with E-state index >= 15 is 0 Å². The van der Waals surface area contributed by atoms with Crippen LogP contribution in [0.15, 0.2) is 64.1 Å².